The fourth-order valence-corrected chi connectivity index (χ4v) is 1.27. The lowest BCUT2D eigenvalue weighted by Gasteiger charge is -2.14. The molecule has 0 unspecified atom stereocenters. The fraction of sp³-hybridized carbons (Fsp3) is 0.167. The zero-order chi connectivity index (χ0) is 15.0. The van der Waals surface area contributed by atoms with Crippen LogP contribution in [0.1, 0.15) is 5.56 Å². The molecule has 20 heavy (non-hydrogen) atoms. The normalized spacial score (nSPS) is 10.9. The van der Waals surface area contributed by atoms with Gasteiger partial charge in [-0.15, -0.1) is 0 Å². The summed E-state index contributed by atoms with van der Waals surface area (Å²) in [6, 6.07) is 6.70. The molecule has 104 valence electrons. The standard InChI is InChI=1S/C12H11N3O5/c1-2-7-19-10-6-4-3-5-9(10)8-20-12(16)11(14-13)15(17)18/h2-6H,1,7-8H2. The third-order valence-corrected chi connectivity index (χ3v) is 2.14. The number of hydrogen-bond donors (Lipinski definition) is 0. The van der Waals surface area contributed by atoms with Gasteiger partial charge in [-0.05, 0) is 6.07 Å². The van der Waals surface area contributed by atoms with E-state index in [1.165, 1.54) is 0 Å². The van der Waals surface area contributed by atoms with Crippen LogP contribution in [0, 0.1) is 15.5 Å². The molecule has 1 aromatic rings. The summed E-state index contributed by atoms with van der Waals surface area (Å²) in [6.07, 6.45) is 1.55. The maximum Gasteiger partial charge on any atom is 0.689 e. The van der Waals surface area contributed by atoms with Crippen molar-refractivity contribution in [2.75, 3.05) is 6.61 Å². The topological polar surface area (TPSA) is 113 Å². The number of diazo groups is 1. The molecule has 0 radical (unpaired) electrons. The summed E-state index contributed by atoms with van der Waals surface area (Å²) in [5.74, 6) is -2.16. The monoisotopic (exact) mass is 277 g/mol. The number of nitrogens with zero attached hydrogens (tertiary/aromatic N) is 3. The quantitative estimate of drug-likeness (QED) is 0.244. The van der Waals surface area contributed by atoms with Crippen LogP contribution in [0.25, 0.3) is 4.98 Å². The SMILES string of the molecule is C=CCOc1ccccc1COC([O-])=C([N+]#N)[N+](=O)[O-]. The van der Waals surface area contributed by atoms with E-state index >= 15 is 0 Å². The van der Waals surface area contributed by atoms with Gasteiger partial charge in [0.25, 0.3) is 4.98 Å². The molecule has 0 bridgehead atoms. The lowest BCUT2D eigenvalue weighted by atomic mass is 10.2. The van der Waals surface area contributed by atoms with Crippen LogP contribution in [0.4, 0.5) is 0 Å². The predicted octanol–water partition coefficient (Wildman–Crippen LogP) is 1.38. The van der Waals surface area contributed by atoms with E-state index < -0.39 is 16.7 Å². The summed E-state index contributed by atoms with van der Waals surface area (Å²) in [5.41, 5.74) is 0.517. The van der Waals surface area contributed by atoms with Gasteiger partial charge < -0.3 is 14.6 Å². The Hall–Kier alpha value is -3.08. The van der Waals surface area contributed by atoms with Gasteiger partial charge in [-0.2, -0.15) is 0 Å². The molecular formula is C12H11N3O5. The zero-order valence-corrected chi connectivity index (χ0v) is 10.4. The number of hydrogen-bond acceptors (Lipinski definition) is 6. The Balaban J connectivity index is 2.82. The molecule has 0 saturated heterocycles. The third kappa shape index (κ3) is 3.99. The number of para-hydroxylation sites is 1. The van der Waals surface area contributed by atoms with E-state index in [9.17, 15) is 15.2 Å². The summed E-state index contributed by atoms with van der Waals surface area (Å²) in [6.45, 7) is 3.52. The van der Waals surface area contributed by atoms with Crippen LogP contribution >= 0.6 is 0 Å². The molecule has 0 N–H and O–H groups in total. The van der Waals surface area contributed by atoms with Gasteiger partial charge in [0.15, 0.2) is 4.92 Å². The number of rotatable bonds is 7. The average Bonchev–Trinajstić information content (AvgIpc) is 2.44. The Labute approximate surface area is 114 Å². The van der Waals surface area contributed by atoms with Gasteiger partial charge in [0.05, 0.1) is 0 Å². The zero-order valence-electron chi connectivity index (χ0n) is 10.4. The van der Waals surface area contributed by atoms with Gasteiger partial charge in [-0.25, -0.2) is 0 Å². The van der Waals surface area contributed by atoms with Crippen LogP contribution in [0.2, 0.25) is 0 Å². The van der Waals surface area contributed by atoms with E-state index in [0.717, 1.165) is 0 Å². The van der Waals surface area contributed by atoms with Gasteiger partial charge in [0.1, 0.15) is 12.4 Å². The van der Waals surface area contributed by atoms with Crippen molar-refractivity contribution in [3.05, 3.63) is 69.3 Å². The van der Waals surface area contributed by atoms with Crippen molar-refractivity contribution in [2.45, 2.75) is 6.61 Å². The molecule has 8 heteroatoms. The maximum atomic E-state index is 11.3. The highest BCUT2D eigenvalue weighted by molar-refractivity contribution is 5.33. The van der Waals surface area contributed by atoms with Gasteiger partial charge in [-0.3, -0.25) is 10.1 Å². The minimum Gasteiger partial charge on any atom is -0.598 e. The summed E-state index contributed by atoms with van der Waals surface area (Å²) >= 11 is 0. The summed E-state index contributed by atoms with van der Waals surface area (Å²) < 4.78 is 10.0. The predicted molar refractivity (Wildman–Crippen MR) is 66.0 cm³/mol. The van der Waals surface area contributed by atoms with E-state index in [2.05, 4.69) is 16.3 Å². The fourth-order valence-electron chi connectivity index (χ4n) is 1.27. The van der Waals surface area contributed by atoms with Crippen molar-refractivity contribution in [3.8, 4) is 5.75 Å². The van der Waals surface area contributed by atoms with Crippen LogP contribution < -0.4 is 9.84 Å². The first-order chi connectivity index (χ1) is 9.60. The Morgan fingerprint density at radius 3 is 2.80 bits per heavy atom. The number of nitro groups is 1. The van der Waals surface area contributed by atoms with E-state index in [0.29, 0.717) is 11.3 Å². The first-order valence-electron chi connectivity index (χ1n) is 5.45. The molecular weight excluding hydrogens is 266 g/mol. The Kier molecular flexibility index (Phi) is 5.52. The van der Waals surface area contributed by atoms with Crippen LogP contribution in [0.5, 0.6) is 5.75 Å². The Morgan fingerprint density at radius 1 is 1.50 bits per heavy atom. The summed E-state index contributed by atoms with van der Waals surface area (Å²) in [7, 11) is 0. The molecule has 0 aromatic heterocycles. The van der Waals surface area contributed by atoms with Crippen molar-refractivity contribution >= 4 is 0 Å². The lowest BCUT2D eigenvalue weighted by Crippen LogP contribution is -2.14. The minimum atomic E-state index is -1.34. The highest BCUT2D eigenvalue weighted by Crippen LogP contribution is 2.20. The van der Waals surface area contributed by atoms with Gasteiger partial charge in [0, 0.05) is 12.2 Å². The van der Waals surface area contributed by atoms with Crippen molar-refractivity contribution < 1.29 is 19.5 Å². The molecule has 0 spiro atoms. The van der Waals surface area contributed by atoms with Crippen LogP contribution in [-0.4, -0.2) is 11.5 Å². The molecule has 0 amide bonds. The first kappa shape index (κ1) is 15.0. The van der Waals surface area contributed by atoms with E-state index in [4.69, 9.17) is 10.1 Å². The van der Waals surface area contributed by atoms with Crippen molar-refractivity contribution in [2.24, 2.45) is 0 Å². The van der Waals surface area contributed by atoms with Crippen LogP contribution in [0.3, 0.4) is 0 Å². The van der Waals surface area contributed by atoms with Gasteiger partial charge >= 0.3 is 5.82 Å². The highest BCUT2D eigenvalue weighted by Gasteiger charge is 2.28. The number of ether oxygens (including phenoxy) is 2. The molecule has 1 aromatic carbocycles. The van der Waals surface area contributed by atoms with Crippen molar-refractivity contribution in [1.82, 2.24) is 0 Å². The largest absolute Gasteiger partial charge is 0.689 e. The maximum absolute atomic E-state index is 11.3. The second kappa shape index (κ2) is 7.38. The molecule has 0 atom stereocenters. The molecule has 0 aliphatic carbocycles. The smallest absolute Gasteiger partial charge is 0.598 e. The van der Waals surface area contributed by atoms with Crippen molar-refractivity contribution in [3.63, 3.8) is 0 Å². The van der Waals surface area contributed by atoms with E-state index in [-0.39, 0.29) is 13.2 Å². The lowest BCUT2D eigenvalue weighted by molar-refractivity contribution is -0.452. The Morgan fingerprint density at radius 2 is 2.20 bits per heavy atom. The minimum absolute atomic E-state index is 0.251. The second-order valence-electron chi connectivity index (χ2n) is 3.46. The van der Waals surface area contributed by atoms with Crippen LogP contribution in [0.15, 0.2) is 48.7 Å². The molecule has 1 rings (SSSR count). The molecule has 0 saturated carbocycles. The van der Waals surface area contributed by atoms with Crippen molar-refractivity contribution in [1.29, 1.82) is 5.39 Å². The average molecular weight is 277 g/mol. The van der Waals surface area contributed by atoms with Crippen LogP contribution in [-0.2, 0) is 11.3 Å². The molecule has 8 nitrogen and oxygen atoms in total. The highest BCUT2D eigenvalue weighted by atomic mass is 16.6. The summed E-state index contributed by atoms with van der Waals surface area (Å²) in [5, 5.41) is 30.0. The number of benzene rings is 1. The third-order valence-electron chi connectivity index (χ3n) is 2.14. The van der Waals surface area contributed by atoms with E-state index in [1.807, 2.05) is 0 Å². The Bertz CT molecular complexity index is 577. The second-order valence-corrected chi connectivity index (χ2v) is 3.46. The molecule has 0 fully saturated rings. The van der Waals surface area contributed by atoms with E-state index in [1.54, 1.807) is 30.3 Å². The summed E-state index contributed by atoms with van der Waals surface area (Å²) in [4.78, 5) is 11.5. The molecule has 0 heterocycles. The molecule has 0 aliphatic heterocycles. The van der Waals surface area contributed by atoms with Gasteiger partial charge in [0.2, 0.25) is 11.3 Å². The van der Waals surface area contributed by atoms with Gasteiger partial charge in [-0.1, -0.05) is 30.9 Å². The first-order valence-corrected chi connectivity index (χ1v) is 5.45. The molecule has 0 aliphatic rings.